The van der Waals surface area contributed by atoms with E-state index >= 15 is 0 Å². The fourth-order valence-electron chi connectivity index (χ4n) is 2.35. The van der Waals surface area contributed by atoms with Crippen molar-refractivity contribution in [3.63, 3.8) is 0 Å². The second-order valence-corrected chi connectivity index (χ2v) is 7.10. The van der Waals surface area contributed by atoms with E-state index in [1.54, 1.807) is 18.3 Å². The lowest BCUT2D eigenvalue weighted by Crippen LogP contribution is -1.98. The Morgan fingerprint density at radius 2 is 1.62 bits per heavy atom. The van der Waals surface area contributed by atoms with Gasteiger partial charge in [0.2, 0.25) is 0 Å². The van der Waals surface area contributed by atoms with Crippen LogP contribution in [0.1, 0.15) is 11.1 Å². The zero-order valence-corrected chi connectivity index (χ0v) is 14.8. The molecule has 0 aliphatic heterocycles. The molecule has 26 heavy (non-hydrogen) atoms. The van der Waals surface area contributed by atoms with E-state index in [0.717, 1.165) is 16.0 Å². The van der Waals surface area contributed by atoms with Gasteiger partial charge in [-0.25, -0.2) is 4.21 Å². The molecule has 0 aliphatic carbocycles. The summed E-state index contributed by atoms with van der Waals surface area (Å²) >= 11 is 0. The number of aryl methyl sites for hydroxylation is 1. The van der Waals surface area contributed by atoms with Gasteiger partial charge in [-0.05, 0) is 37.3 Å². The Kier molecular flexibility index (Phi) is 5.34. The van der Waals surface area contributed by atoms with Gasteiger partial charge in [0.25, 0.3) is 5.69 Å². The maximum absolute atomic E-state index is 12.9. The molecule has 0 saturated carbocycles. The summed E-state index contributed by atoms with van der Waals surface area (Å²) in [6, 6.07) is 20.9. The van der Waals surface area contributed by atoms with Crippen LogP contribution >= 0.6 is 0 Å². The average molecular weight is 364 g/mol. The Hall–Kier alpha value is -3.12. The first-order chi connectivity index (χ1) is 12.5. The predicted molar refractivity (Wildman–Crippen MR) is 103 cm³/mol. The molecular weight excluding hydrogens is 348 g/mol. The molecule has 130 valence electrons. The molecule has 0 radical (unpaired) electrons. The number of nitrogens with zero attached hydrogens (tertiary/aromatic N) is 2. The lowest BCUT2D eigenvalue weighted by Gasteiger charge is -2.06. The molecule has 0 aromatic heterocycles. The zero-order valence-electron chi connectivity index (χ0n) is 14.0. The minimum Gasteiger partial charge on any atom is -0.258 e. The molecule has 0 saturated heterocycles. The monoisotopic (exact) mass is 364 g/mol. The van der Waals surface area contributed by atoms with Crippen molar-refractivity contribution >= 4 is 28.4 Å². The van der Waals surface area contributed by atoms with Gasteiger partial charge in [-0.15, -0.1) is 0 Å². The highest BCUT2D eigenvalue weighted by Gasteiger charge is 2.10. The molecule has 6 heteroatoms. The Morgan fingerprint density at radius 3 is 2.27 bits per heavy atom. The fourth-order valence-corrected chi connectivity index (χ4v) is 3.52. The fraction of sp³-hybridized carbons (Fsp3) is 0.0500. The van der Waals surface area contributed by atoms with E-state index < -0.39 is 15.7 Å². The van der Waals surface area contributed by atoms with Crippen molar-refractivity contribution in [3.8, 4) is 0 Å². The molecule has 1 atom stereocenters. The number of rotatable bonds is 5. The van der Waals surface area contributed by atoms with Crippen molar-refractivity contribution in [1.82, 2.24) is 0 Å². The maximum Gasteiger partial charge on any atom is 0.269 e. The first-order valence-corrected chi connectivity index (χ1v) is 9.05. The number of aliphatic imine (C=N–C) groups is 1. The first-order valence-electron chi connectivity index (χ1n) is 7.90. The second kappa shape index (κ2) is 7.84. The first kappa shape index (κ1) is 17.7. The molecule has 0 amide bonds. The molecule has 0 fully saturated rings. The molecular formula is C20H16N2O3S. The summed E-state index contributed by atoms with van der Waals surface area (Å²) in [5.41, 5.74) is 2.46. The van der Waals surface area contributed by atoms with Gasteiger partial charge in [0, 0.05) is 28.8 Å². The number of non-ortho nitro benzene ring substituents is 1. The summed E-state index contributed by atoms with van der Waals surface area (Å²) < 4.78 is 12.9. The molecule has 0 aliphatic rings. The van der Waals surface area contributed by atoms with Crippen LogP contribution in [0.4, 0.5) is 11.4 Å². The number of benzene rings is 3. The number of nitro groups is 1. The molecule has 0 bridgehead atoms. The molecule has 0 unspecified atom stereocenters. The van der Waals surface area contributed by atoms with Crippen molar-refractivity contribution < 1.29 is 9.13 Å². The van der Waals surface area contributed by atoms with E-state index in [0.29, 0.717) is 10.6 Å². The van der Waals surface area contributed by atoms with Crippen molar-refractivity contribution in [2.45, 2.75) is 16.7 Å². The largest absolute Gasteiger partial charge is 0.269 e. The van der Waals surface area contributed by atoms with E-state index in [1.807, 2.05) is 55.5 Å². The third-order valence-electron chi connectivity index (χ3n) is 3.77. The topological polar surface area (TPSA) is 72.6 Å². The summed E-state index contributed by atoms with van der Waals surface area (Å²) in [7, 11) is -1.31. The normalized spacial score (nSPS) is 12.2. The van der Waals surface area contributed by atoms with Gasteiger partial charge in [0.1, 0.15) is 0 Å². The van der Waals surface area contributed by atoms with Gasteiger partial charge in [0.15, 0.2) is 0 Å². The predicted octanol–water partition coefficient (Wildman–Crippen LogP) is 4.82. The standard InChI is InChI=1S/C20H16N2O3S/c1-15-6-12-19(13-7-15)26(25)20-5-3-2-4-16(20)14-21-17-8-10-18(11-9-17)22(23)24/h2-14H,1H3/t26-/m0/s1. The van der Waals surface area contributed by atoms with Crippen molar-refractivity contribution in [1.29, 1.82) is 0 Å². The van der Waals surface area contributed by atoms with Crippen LogP contribution in [0.25, 0.3) is 0 Å². The highest BCUT2D eigenvalue weighted by Crippen LogP contribution is 2.21. The molecule has 5 nitrogen and oxygen atoms in total. The van der Waals surface area contributed by atoms with Crippen molar-refractivity contribution in [2.24, 2.45) is 4.99 Å². The molecule has 3 aromatic rings. The molecule has 3 aromatic carbocycles. The average Bonchev–Trinajstić information content (AvgIpc) is 2.67. The van der Waals surface area contributed by atoms with Gasteiger partial charge in [-0.3, -0.25) is 15.1 Å². The number of hydrogen-bond donors (Lipinski definition) is 0. The minimum atomic E-state index is -1.31. The van der Waals surface area contributed by atoms with E-state index in [9.17, 15) is 14.3 Å². The summed E-state index contributed by atoms with van der Waals surface area (Å²) in [6.45, 7) is 1.98. The van der Waals surface area contributed by atoms with Crippen LogP contribution in [0.3, 0.4) is 0 Å². The summed E-state index contributed by atoms with van der Waals surface area (Å²) in [5.74, 6) is 0. The third-order valence-corrected chi connectivity index (χ3v) is 5.24. The lowest BCUT2D eigenvalue weighted by molar-refractivity contribution is -0.384. The Balaban J connectivity index is 1.88. The molecule has 0 heterocycles. The summed E-state index contributed by atoms with van der Waals surface area (Å²) in [4.78, 5) is 16.0. The Morgan fingerprint density at radius 1 is 0.962 bits per heavy atom. The number of nitro benzene ring substituents is 1. The van der Waals surface area contributed by atoms with Crippen LogP contribution in [-0.2, 0) is 10.8 Å². The molecule has 0 spiro atoms. The zero-order chi connectivity index (χ0) is 18.5. The van der Waals surface area contributed by atoms with Crippen LogP contribution in [0.15, 0.2) is 87.6 Å². The second-order valence-electron chi connectivity index (χ2n) is 5.65. The van der Waals surface area contributed by atoms with Gasteiger partial charge in [0.05, 0.1) is 26.3 Å². The maximum atomic E-state index is 12.9. The minimum absolute atomic E-state index is 0.0184. The van der Waals surface area contributed by atoms with Crippen molar-refractivity contribution in [3.05, 3.63) is 94.0 Å². The van der Waals surface area contributed by atoms with Crippen LogP contribution in [0.5, 0.6) is 0 Å². The van der Waals surface area contributed by atoms with Crippen LogP contribution in [0, 0.1) is 17.0 Å². The van der Waals surface area contributed by atoms with E-state index in [-0.39, 0.29) is 5.69 Å². The van der Waals surface area contributed by atoms with Gasteiger partial charge < -0.3 is 0 Å². The SMILES string of the molecule is Cc1ccc([S@](=O)c2ccccc2C=Nc2ccc([N+](=O)[O-])cc2)cc1. The smallest absolute Gasteiger partial charge is 0.258 e. The van der Waals surface area contributed by atoms with Crippen LogP contribution in [0.2, 0.25) is 0 Å². The Labute approximate surface area is 153 Å². The summed E-state index contributed by atoms with van der Waals surface area (Å²) in [6.07, 6.45) is 1.63. The van der Waals surface area contributed by atoms with E-state index in [1.165, 1.54) is 12.1 Å². The van der Waals surface area contributed by atoms with Gasteiger partial charge in [-0.2, -0.15) is 0 Å². The van der Waals surface area contributed by atoms with Crippen LogP contribution in [-0.4, -0.2) is 15.3 Å². The quantitative estimate of drug-likeness (QED) is 0.370. The number of hydrogen-bond acceptors (Lipinski definition) is 4. The van der Waals surface area contributed by atoms with Gasteiger partial charge in [-0.1, -0.05) is 35.9 Å². The highest BCUT2D eigenvalue weighted by atomic mass is 32.2. The van der Waals surface area contributed by atoms with Crippen molar-refractivity contribution in [2.75, 3.05) is 0 Å². The van der Waals surface area contributed by atoms with Crippen LogP contribution < -0.4 is 0 Å². The van der Waals surface area contributed by atoms with E-state index in [4.69, 9.17) is 0 Å². The molecule has 0 N–H and O–H groups in total. The lowest BCUT2D eigenvalue weighted by atomic mass is 10.2. The van der Waals surface area contributed by atoms with Gasteiger partial charge >= 0.3 is 0 Å². The highest BCUT2D eigenvalue weighted by molar-refractivity contribution is 7.85. The third kappa shape index (κ3) is 4.10. The van der Waals surface area contributed by atoms with E-state index in [2.05, 4.69) is 4.99 Å². The molecule has 3 rings (SSSR count). The Bertz CT molecular complexity index is 981. The summed E-state index contributed by atoms with van der Waals surface area (Å²) in [5, 5.41) is 10.7.